The Morgan fingerprint density at radius 2 is 1.69 bits per heavy atom. The lowest BCUT2D eigenvalue weighted by atomic mass is 10.1. The van der Waals surface area contributed by atoms with Crippen molar-refractivity contribution in [2.45, 2.75) is 20.5 Å². The highest BCUT2D eigenvalue weighted by molar-refractivity contribution is 6.32. The number of hydrogen-bond acceptors (Lipinski definition) is 6. The fourth-order valence-electron chi connectivity index (χ4n) is 3.39. The number of halogens is 1. The van der Waals surface area contributed by atoms with Gasteiger partial charge in [-0.15, -0.1) is 0 Å². The summed E-state index contributed by atoms with van der Waals surface area (Å²) < 4.78 is 21.9. The van der Waals surface area contributed by atoms with Gasteiger partial charge in [-0.1, -0.05) is 29.8 Å². The first kappa shape index (κ1) is 26.5. The van der Waals surface area contributed by atoms with Crippen molar-refractivity contribution in [2.75, 3.05) is 26.6 Å². The van der Waals surface area contributed by atoms with Crippen LogP contribution in [0.25, 0.3) is 6.08 Å². The van der Waals surface area contributed by atoms with E-state index in [1.165, 1.54) is 43.6 Å². The number of anilines is 1. The first-order valence-electron chi connectivity index (χ1n) is 11.0. The second kappa shape index (κ2) is 12.0. The molecule has 0 bridgehead atoms. The van der Waals surface area contributed by atoms with Crippen molar-refractivity contribution in [3.8, 4) is 29.1 Å². The topological polar surface area (TPSA) is 89.8 Å². The molecule has 0 aliphatic carbocycles. The summed E-state index contributed by atoms with van der Waals surface area (Å²) in [5.41, 5.74) is 4.09. The number of methoxy groups -OCH3 is 3. The molecule has 0 radical (unpaired) electrons. The van der Waals surface area contributed by atoms with Crippen molar-refractivity contribution < 1.29 is 23.7 Å². The average molecular weight is 507 g/mol. The Hall–Kier alpha value is -4.15. The van der Waals surface area contributed by atoms with Gasteiger partial charge in [0.1, 0.15) is 41.2 Å². The molecule has 0 atom stereocenters. The van der Waals surface area contributed by atoms with Gasteiger partial charge in [0.25, 0.3) is 5.91 Å². The molecule has 0 fully saturated rings. The largest absolute Gasteiger partial charge is 0.497 e. The monoisotopic (exact) mass is 506 g/mol. The molecule has 3 aromatic carbocycles. The number of carbonyl (C=O) groups excluding carboxylic acids is 1. The number of rotatable bonds is 9. The predicted octanol–water partition coefficient (Wildman–Crippen LogP) is 6.11. The molecule has 0 unspecified atom stereocenters. The SMILES string of the molecule is COc1ccc(/C=C(\C#N)C(=O)Nc2cc(OC)c(Cl)cc2OC)c(OCc2ccc(C)c(C)c2)c1. The van der Waals surface area contributed by atoms with Crippen LogP contribution in [0.4, 0.5) is 5.69 Å². The Kier molecular flexibility index (Phi) is 8.82. The van der Waals surface area contributed by atoms with E-state index in [2.05, 4.69) is 18.3 Å². The van der Waals surface area contributed by atoms with Crippen molar-refractivity contribution in [3.63, 3.8) is 0 Å². The highest BCUT2D eigenvalue weighted by Gasteiger charge is 2.17. The van der Waals surface area contributed by atoms with Gasteiger partial charge in [-0.25, -0.2) is 0 Å². The zero-order chi connectivity index (χ0) is 26.2. The Morgan fingerprint density at radius 1 is 0.944 bits per heavy atom. The third-order valence-corrected chi connectivity index (χ3v) is 5.87. The molecule has 0 aromatic heterocycles. The molecule has 0 aliphatic heterocycles. The zero-order valence-corrected chi connectivity index (χ0v) is 21.5. The highest BCUT2D eigenvalue weighted by Crippen LogP contribution is 2.36. The van der Waals surface area contributed by atoms with E-state index in [4.69, 9.17) is 30.5 Å². The van der Waals surface area contributed by atoms with Gasteiger partial charge < -0.3 is 24.3 Å². The fraction of sp³-hybridized carbons (Fsp3) is 0.214. The molecule has 1 amide bonds. The van der Waals surface area contributed by atoms with E-state index in [1.807, 2.05) is 25.1 Å². The quantitative estimate of drug-likeness (QED) is 0.278. The first-order valence-corrected chi connectivity index (χ1v) is 11.4. The maximum absolute atomic E-state index is 13.0. The summed E-state index contributed by atoms with van der Waals surface area (Å²) in [6, 6.07) is 16.3. The lowest BCUT2D eigenvalue weighted by molar-refractivity contribution is -0.112. The first-order chi connectivity index (χ1) is 17.3. The molecule has 3 aromatic rings. The van der Waals surface area contributed by atoms with Gasteiger partial charge in [0.2, 0.25) is 0 Å². The molecule has 8 heteroatoms. The third-order valence-electron chi connectivity index (χ3n) is 5.57. The number of benzene rings is 3. The summed E-state index contributed by atoms with van der Waals surface area (Å²) in [6.45, 7) is 4.40. The summed E-state index contributed by atoms with van der Waals surface area (Å²) in [6.07, 6.45) is 1.46. The fourth-order valence-corrected chi connectivity index (χ4v) is 3.62. The van der Waals surface area contributed by atoms with Crippen LogP contribution in [-0.2, 0) is 11.4 Å². The van der Waals surface area contributed by atoms with Gasteiger partial charge in [-0.2, -0.15) is 5.26 Å². The van der Waals surface area contributed by atoms with Crippen LogP contribution in [-0.4, -0.2) is 27.2 Å². The minimum Gasteiger partial charge on any atom is -0.497 e. The number of nitrogens with one attached hydrogen (secondary N) is 1. The molecule has 0 aliphatic rings. The van der Waals surface area contributed by atoms with Gasteiger partial charge in [-0.3, -0.25) is 4.79 Å². The van der Waals surface area contributed by atoms with Crippen molar-refractivity contribution in [1.29, 1.82) is 5.26 Å². The van der Waals surface area contributed by atoms with Crippen molar-refractivity contribution >= 4 is 29.3 Å². The Bertz CT molecular complexity index is 1340. The summed E-state index contributed by atoms with van der Waals surface area (Å²) in [7, 11) is 4.47. The number of nitrogens with zero attached hydrogens (tertiary/aromatic N) is 1. The Balaban J connectivity index is 1.90. The van der Waals surface area contributed by atoms with Crippen LogP contribution in [0.5, 0.6) is 23.0 Å². The molecular weight excluding hydrogens is 480 g/mol. The van der Waals surface area contributed by atoms with Crippen LogP contribution in [0.2, 0.25) is 5.02 Å². The van der Waals surface area contributed by atoms with Gasteiger partial charge >= 0.3 is 0 Å². The summed E-state index contributed by atoms with van der Waals surface area (Å²) >= 11 is 6.14. The summed E-state index contributed by atoms with van der Waals surface area (Å²) in [4.78, 5) is 13.0. The normalized spacial score (nSPS) is 10.9. The molecule has 7 nitrogen and oxygen atoms in total. The molecule has 3 rings (SSSR count). The molecule has 0 spiro atoms. The second-order valence-corrected chi connectivity index (χ2v) is 8.33. The minimum absolute atomic E-state index is 0.132. The standard InChI is InChI=1S/C28H27ClN2O5/c1-17-6-7-19(10-18(17)2)16-36-25-12-22(33-3)9-8-20(25)11-21(15-30)28(32)31-24-14-26(34-4)23(29)13-27(24)35-5/h6-14H,16H2,1-5H3,(H,31,32)/b21-11+. The lowest BCUT2D eigenvalue weighted by Crippen LogP contribution is -2.14. The molecule has 1 N–H and O–H groups in total. The van der Waals surface area contributed by atoms with E-state index in [9.17, 15) is 10.1 Å². The van der Waals surface area contributed by atoms with Gasteiger partial charge in [0, 0.05) is 23.8 Å². The molecule has 0 heterocycles. The van der Waals surface area contributed by atoms with Gasteiger partial charge in [-0.05, 0) is 48.7 Å². The molecule has 36 heavy (non-hydrogen) atoms. The molecule has 186 valence electrons. The van der Waals surface area contributed by atoms with E-state index < -0.39 is 5.91 Å². The van der Waals surface area contributed by atoms with E-state index in [1.54, 1.807) is 25.3 Å². The summed E-state index contributed by atoms with van der Waals surface area (Å²) in [5.74, 6) is 1.11. The number of amides is 1. The molecule has 0 saturated heterocycles. The predicted molar refractivity (Wildman–Crippen MR) is 140 cm³/mol. The smallest absolute Gasteiger partial charge is 0.266 e. The van der Waals surface area contributed by atoms with E-state index in [-0.39, 0.29) is 5.57 Å². The average Bonchev–Trinajstić information content (AvgIpc) is 2.88. The molecular formula is C28H27ClN2O5. The minimum atomic E-state index is -0.629. The second-order valence-electron chi connectivity index (χ2n) is 7.92. The van der Waals surface area contributed by atoms with Crippen molar-refractivity contribution in [3.05, 3.63) is 81.4 Å². The maximum atomic E-state index is 13.0. The number of hydrogen-bond donors (Lipinski definition) is 1. The summed E-state index contributed by atoms with van der Waals surface area (Å²) in [5, 5.41) is 12.8. The van der Waals surface area contributed by atoms with Crippen molar-refractivity contribution in [2.24, 2.45) is 0 Å². The van der Waals surface area contributed by atoms with Crippen LogP contribution in [0, 0.1) is 25.2 Å². The van der Waals surface area contributed by atoms with Crippen LogP contribution in [0.15, 0.2) is 54.1 Å². The Morgan fingerprint density at radius 3 is 2.33 bits per heavy atom. The number of carbonyl (C=O) groups is 1. The Labute approximate surface area is 215 Å². The van der Waals surface area contributed by atoms with E-state index in [0.29, 0.717) is 45.9 Å². The van der Waals surface area contributed by atoms with Crippen LogP contribution in [0.3, 0.4) is 0 Å². The van der Waals surface area contributed by atoms with E-state index in [0.717, 1.165) is 5.56 Å². The molecule has 0 saturated carbocycles. The van der Waals surface area contributed by atoms with Crippen LogP contribution in [0.1, 0.15) is 22.3 Å². The number of ether oxygens (including phenoxy) is 4. The maximum Gasteiger partial charge on any atom is 0.266 e. The van der Waals surface area contributed by atoms with Crippen LogP contribution >= 0.6 is 11.6 Å². The van der Waals surface area contributed by atoms with E-state index >= 15 is 0 Å². The van der Waals surface area contributed by atoms with Crippen molar-refractivity contribution in [1.82, 2.24) is 0 Å². The highest BCUT2D eigenvalue weighted by atomic mass is 35.5. The van der Waals surface area contributed by atoms with Gasteiger partial charge in [0.05, 0.1) is 32.0 Å². The van der Waals surface area contributed by atoms with Gasteiger partial charge in [0.15, 0.2) is 0 Å². The number of nitriles is 1. The zero-order valence-electron chi connectivity index (χ0n) is 20.8. The number of aryl methyl sites for hydroxylation is 2. The van der Waals surface area contributed by atoms with Crippen LogP contribution < -0.4 is 24.3 Å². The third kappa shape index (κ3) is 6.29. The lowest BCUT2D eigenvalue weighted by Gasteiger charge is -2.14.